The van der Waals surface area contributed by atoms with E-state index in [-0.39, 0.29) is 11.3 Å². The van der Waals surface area contributed by atoms with Crippen molar-refractivity contribution in [2.75, 3.05) is 14.2 Å². The minimum absolute atomic E-state index is 0.0846. The van der Waals surface area contributed by atoms with Gasteiger partial charge in [-0.25, -0.2) is 4.79 Å². The highest BCUT2D eigenvalue weighted by atomic mass is 16.7. The Hall–Kier alpha value is -2.41. The molecule has 0 saturated heterocycles. The quantitative estimate of drug-likeness (QED) is 0.467. The number of methoxy groups -OCH3 is 2. The zero-order valence-electron chi connectivity index (χ0n) is 10.3. The fraction of sp³-hybridized carbons (Fsp3) is 0.250. The Morgan fingerprint density at radius 1 is 1.42 bits per heavy atom. The highest BCUT2D eigenvalue weighted by Gasteiger charge is 2.29. The van der Waals surface area contributed by atoms with E-state index >= 15 is 0 Å². The number of carbonyl (C=O) groups is 1. The van der Waals surface area contributed by atoms with E-state index < -0.39 is 17.2 Å². The number of fused-ring (bicyclic) bond motifs is 1. The monoisotopic (exact) mass is 265 g/mol. The lowest BCUT2D eigenvalue weighted by Gasteiger charge is -2.24. The molecule has 1 aliphatic rings. The van der Waals surface area contributed by atoms with Gasteiger partial charge in [0.05, 0.1) is 12.0 Å². The summed E-state index contributed by atoms with van der Waals surface area (Å²) >= 11 is 0. The number of hydrogen-bond donors (Lipinski definition) is 0. The number of esters is 1. The Morgan fingerprint density at radius 2 is 2.16 bits per heavy atom. The summed E-state index contributed by atoms with van der Waals surface area (Å²) in [5, 5.41) is 10.7. The maximum Gasteiger partial charge on any atom is 0.340 e. The molecular formula is C12H11NO6. The Morgan fingerprint density at radius 3 is 2.74 bits per heavy atom. The summed E-state index contributed by atoms with van der Waals surface area (Å²) in [5.41, 5.74) is 0.500. The first kappa shape index (κ1) is 13.0. The minimum Gasteiger partial charge on any atom is -0.465 e. The smallest absolute Gasteiger partial charge is 0.340 e. The van der Waals surface area contributed by atoms with E-state index in [2.05, 4.69) is 4.74 Å². The number of benzene rings is 1. The van der Waals surface area contributed by atoms with Crippen LogP contribution >= 0.6 is 0 Å². The van der Waals surface area contributed by atoms with Crippen LogP contribution in [0, 0.1) is 10.1 Å². The van der Waals surface area contributed by atoms with Gasteiger partial charge in [-0.1, -0.05) is 0 Å². The number of nitro benzene ring substituents is 1. The highest BCUT2D eigenvalue weighted by Crippen LogP contribution is 2.33. The predicted octanol–water partition coefficient (Wildman–Crippen LogP) is 1.52. The van der Waals surface area contributed by atoms with Gasteiger partial charge >= 0.3 is 5.97 Å². The van der Waals surface area contributed by atoms with Crippen LogP contribution in [0.5, 0.6) is 5.75 Å². The fourth-order valence-electron chi connectivity index (χ4n) is 1.73. The molecular weight excluding hydrogens is 254 g/mol. The zero-order chi connectivity index (χ0) is 14.0. The van der Waals surface area contributed by atoms with Crippen molar-refractivity contribution in [1.29, 1.82) is 0 Å². The van der Waals surface area contributed by atoms with Crippen molar-refractivity contribution in [3.05, 3.63) is 39.4 Å². The van der Waals surface area contributed by atoms with Gasteiger partial charge in [0, 0.05) is 24.8 Å². The molecule has 0 saturated carbocycles. The van der Waals surface area contributed by atoms with Gasteiger partial charge in [-0.3, -0.25) is 10.1 Å². The van der Waals surface area contributed by atoms with Crippen LogP contribution in [-0.2, 0) is 14.3 Å². The van der Waals surface area contributed by atoms with Crippen LogP contribution in [0.25, 0.3) is 6.08 Å². The van der Waals surface area contributed by atoms with Crippen LogP contribution in [0.15, 0.2) is 23.8 Å². The molecule has 0 N–H and O–H groups in total. The Balaban J connectivity index is 2.48. The number of non-ortho nitro benzene ring substituents is 1. The number of nitro groups is 1. The van der Waals surface area contributed by atoms with Gasteiger partial charge in [0.15, 0.2) is 0 Å². The third-order valence-corrected chi connectivity index (χ3v) is 2.64. The molecule has 1 atom stereocenters. The molecule has 0 aromatic heterocycles. The summed E-state index contributed by atoms with van der Waals surface area (Å²) in [6.07, 6.45) is 0.577. The van der Waals surface area contributed by atoms with E-state index in [1.54, 1.807) is 0 Å². The third-order valence-electron chi connectivity index (χ3n) is 2.64. The fourth-order valence-corrected chi connectivity index (χ4v) is 1.73. The van der Waals surface area contributed by atoms with Crippen LogP contribution in [0.1, 0.15) is 5.56 Å². The summed E-state index contributed by atoms with van der Waals surface area (Å²) in [6, 6.07) is 4.11. The second-order valence-electron chi connectivity index (χ2n) is 3.76. The molecule has 7 nitrogen and oxygen atoms in total. The zero-order valence-corrected chi connectivity index (χ0v) is 10.3. The van der Waals surface area contributed by atoms with E-state index in [9.17, 15) is 14.9 Å². The van der Waals surface area contributed by atoms with Gasteiger partial charge in [-0.15, -0.1) is 0 Å². The molecule has 100 valence electrons. The molecule has 19 heavy (non-hydrogen) atoms. The third kappa shape index (κ3) is 2.41. The van der Waals surface area contributed by atoms with Crippen molar-refractivity contribution >= 4 is 17.7 Å². The number of rotatable bonds is 3. The maximum absolute atomic E-state index is 11.6. The first-order chi connectivity index (χ1) is 9.06. The average Bonchev–Trinajstić information content (AvgIpc) is 2.44. The Labute approximate surface area is 108 Å². The number of ether oxygens (including phenoxy) is 3. The summed E-state index contributed by atoms with van der Waals surface area (Å²) in [5.74, 6) is -0.200. The van der Waals surface area contributed by atoms with Gasteiger partial charge in [-0.05, 0) is 12.1 Å². The molecule has 0 bridgehead atoms. The molecule has 1 aromatic rings. The first-order valence-electron chi connectivity index (χ1n) is 5.34. The lowest BCUT2D eigenvalue weighted by molar-refractivity contribution is -0.384. The number of nitrogens with zero attached hydrogens (tertiary/aromatic N) is 1. The molecule has 1 aliphatic heterocycles. The Bertz CT molecular complexity index is 565. The van der Waals surface area contributed by atoms with E-state index in [0.29, 0.717) is 11.3 Å². The maximum atomic E-state index is 11.6. The second-order valence-corrected chi connectivity index (χ2v) is 3.76. The summed E-state index contributed by atoms with van der Waals surface area (Å²) in [6.45, 7) is 0. The van der Waals surface area contributed by atoms with E-state index in [0.717, 1.165) is 0 Å². The van der Waals surface area contributed by atoms with Crippen molar-refractivity contribution in [3.8, 4) is 5.75 Å². The molecule has 2 rings (SSSR count). The predicted molar refractivity (Wildman–Crippen MR) is 64.5 cm³/mol. The molecule has 0 spiro atoms. The molecule has 0 fully saturated rings. The van der Waals surface area contributed by atoms with Crippen molar-refractivity contribution < 1.29 is 23.9 Å². The van der Waals surface area contributed by atoms with Crippen LogP contribution in [0.4, 0.5) is 5.69 Å². The standard InChI is InChI=1S/C12H11NO6/c1-17-11(14)9-6-7-5-8(13(15)16)3-4-10(7)19-12(9)18-2/h3-6,12H,1-2H3. The van der Waals surface area contributed by atoms with Crippen LogP contribution in [-0.4, -0.2) is 31.4 Å². The van der Waals surface area contributed by atoms with Crippen LogP contribution in [0.3, 0.4) is 0 Å². The molecule has 0 amide bonds. The van der Waals surface area contributed by atoms with Gasteiger partial charge in [0.2, 0.25) is 6.29 Å². The molecule has 0 aliphatic carbocycles. The lowest BCUT2D eigenvalue weighted by atomic mass is 10.1. The van der Waals surface area contributed by atoms with Crippen molar-refractivity contribution in [2.24, 2.45) is 0 Å². The van der Waals surface area contributed by atoms with E-state index in [4.69, 9.17) is 9.47 Å². The van der Waals surface area contributed by atoms with Crippen molar-refractivity contribution in [2.45, 2.75) is 6.29 Å². The topological polar surface area (TPSA) is 87.9 Å². The molecule has 7 heteroatoms. The first-order valence-corrected chi connectivity index (χ1v) is 5.34. The van der Waals surface area contributed by atoms with Crippen LogP contribution < -0.4 is 4.74 Å². The average molecular weight is 265 g/mol. The summed E-state index contributed by atoms with van der Waals surface area (Å²) < 4.78 is 15.1. The molecule has 1 heterocycles. The lowest BCUT2D eigenvalue weighted by Crippen LogP contribution is -2.29. The summed E-state index contributed by atoms with van der Waals surface area (Å²) in [4.78, 5) is 21.8. The van der Waals surface area contributed by atoms with E-state index in [1.807, 2.05) is 0 Å². The minimum atomic E-state index is -0.888. The van der Waals surface area contributed by atoms with E-state index in [1.165, 1.54) is 38.5 Å². The van der Waals surface area contributed by atoms with Gasteiger partial charge in [0.1, 0.15) is 11.3 Å². The van der Waals surface area contributed by atoms with Crippen molar-refractivity contribution in [3.63, 3.8) is 0 Å². The van der Waals surface area contributed by atoms with Gasteiger partial charge in [0.25, 0.3) is 5.69 Å². The van der Waals surface area contributed by atoms with Crippen molar-refractivity contribution in [1.82, 2.24) is 0 Å². The van der Waals surface area contributed by atoms with Crippen LogP contribution in [0.2, 0.25) is 0 Å². The SMILES string of the molecule is COC(=O)C1=Cc2cc([N+](=O)[O-])ccc2OC1OC. The summed E-state index contributed by atoms with van der Waals surface area (Å²) in [7, 11) is 2.62. The molecule has 1 unspecified atom stereocenters. The number of hydrogen-bond acceptors (Lipinski definition) is 6. The number of carbonyl (C=O) groups excluding carboxylic acids is 1. The highest BCUT2D eigenvalue weighted by molar-refractivity contribution is 5.95. The second kappa shape index (κ2) is 5.07. The van der Waals surface area contributed by atoms with Gasteiger partial charge < -0.3 is 14.2 Å². The van der Waals surface area contributed by atoms with Gasteiger partial charge in [-0.2, -0.15) is 0 Å². The molecule has 0 radical (unpaired) electrons. The normalized spacial score (nSPS) is 16.9. The molecule has 1 aromatic carbocycles. The largest absolute Gasteiger partial charge is 0.465 e. The Kier molecular flexibility index (Phi) is 3.48.